The summed E-state index contributed by atoms with van der Waals surface area (Å²) in [6.45, 7) is 0.286. The van der Waals surface area contributed by atoms with Crippen LogP contribution in [0.4, 0.5) is 0 Å². The number of hydrogen-bond acceptors (Lipinski definition) is 5. The van der Waals surface area contributed by atoms with Gasteiger partial charge in [0.25, 0.3) is 0 Å². The van der Waals surface area contributed by atoms with Crippen molar-refractivity contribution >= 4 is 27.3 Å². The van der Waals surface area contributed by atoms with Crippen molar-refractivity contribution in [2.45, 2.75) is 35.5 Å². The molecule has 0 saturated heterocycles. The molecule has 112 valence electrons. The Balaban J connectivity index is 1.69. The molecule has 3 N–H and O–H groups in total. The molecule has 8 heteroatoms. The number of carbonyl (C=O) groups excluding carboxylic acids is 1. The predicted molar refractivity (Wildman–Crippen MR) is 75.9 cm³/mol. The van der Waals surface area contributed by atoms with E-state index in [2.05, 4.69) is 10.0 Å². The van der Waals surface area contributed by atoms with Gasteiger partial charge < -0.3 is 10.4 Å². The van der Waals surface area contributed by atoms with Crippen LogP contribution in [0.1, 0.15) is 25.7 Å². The number of carbonyl (C=O) groups is 1. The van der Waals surface area contributed by atoms with Crippen molar-refractivity contribution in [3.05, 3.63) is 17.5 Å². The summed E-state index contributed by atoms with van der Waals surface area (Å²) in [6.07, 6.45) is 2.45. The number of thiophene rings is 1. The normalized spacial score (nSPS) is 17.4. The third-order valence-electron chi connectivity index (χ3n) is 3.30. The quantitative estimate of drug-likeness (QED) is 0.680. The fourth-order valence-corrected chi connectivity index (χ4v) is 3.97. The van der Waals surface area contributed by atoms with Crippen LogP contribution in [-0.2, 0) is 14.8 Å². The molecule has 1 aromatic rings. The van der Waals surface area contributed by atoms with E-state index in [9.17, 15) is 18.3 Å². The van der Waals surface area contributed by atoms with Gasteiger partial charge in [-0.15, -0.1) is 11.3 Å². The summed E-state index contributed by atoms with van der Waals surface area (Å²) in [4.78, 5) is 11.5. The fraction of sp³-hybridized carbons (Fsp3) is 0.583. The number of aliphatic hydroxyl groups is 1. The highest BCUT2D eigenvalue weighted by Gasteiger charge is 2.34. The van der Waals surface area contributed by atoms with Crippen LogP contribution in [-0.4, -0.2) is 38.1 Å². The van der Waals surface area contributed by atoms with Gasteiger partial charge in [-0.2, -0.15) is 0 Å². The molecule has 0 atom stereocenters. The second-order valence-electron chi connectivity index (χ2n) is 4.93. The molecule has 1 aliphatic carbocycles. The van der Waals surface area contributed by atoms with E-state index in [0.717, 1.165) is 17.8 Å². The minimum absolute atomic E-state index is 0.0461. The van der Waals surface area contributed by atoms with Crippen molar-refractivity contribution in [2.24, 2.45) is 0 Å². The lowest BCUT2D eigenvalue weighted by atomic mass is 9.80. The largest absolute Gasteiger partial charge is 0.388 e. The maximum absolute atomic E-state index is 11.8. The van der Waals surface area contributed by atoms with Crippen LogP contribution in [0, 0.1) is 0 Å². The lowest BCUT2D eigenvalue weighted by molar-refractivity contribution is -0.123. The van der Waals surface area contributed by atoms with Gasteiger partial charge in [0.1, 0.15) is 4.21 Å². The topological polar surface area (TPSA) is 95.5 Å². The van der Waals surface area contributed by atoms with Crippen molar-refractivity contribution < 1.29 is 18.3 Å². The van der Waals surface area contributed by atoms with Crippen LogP contribution in [0.25, 0.3) is 0 Å². The Kier molecular flexibility index (Phi) is 4.79. The first-order chi connectivity index (χ1) is 9.41. The molecule has 2 rings (SSSR count). The van der Waals surface area contributed by atoms with Crippen molar-refractivity contribution in [1.29, 1.82) is 0 Å². The van der Waals surface area contributed by atoms with Crippen LogP contribution in [0.2, 0.25) is 0 Å². The highest BCUT2D eigenvalue weighted by molar-refractivity contribution is 7.91. The Hall–Kier alpha value is -0.960. The minimum Gasteiger partial charge on any atom is -0.388 e. The Labute approximate surface area is 122 Å². The Morgan fingerprint density at radius 2 is 2.20 bits per heavy atom. The van der Waals surface area contributed by atoms with Gasteiger partial charge >= 0.3 is 0 Å². The third-order valence-corrected chi connectivity index (χ3v) is 6.16. The summed E-state index contributed by atoms with van der Waals surface area (Å²) in [5.41, 5.74) is -0.758. The second-order valence-corrected chi connectivity index (χ2v) is 7.88. The van der Waals surface area contributed by atoms with Crippen molar-refractivity contribution in [3.63, 3.8) is 0 Å². The van der Waals surface area contributed by atoms with Gasteiger partial charge in [0, 0.05) is 19.5 Å². The Morgan fingerprint density at radius 1 is 1.45 bits per heavy atom. The van der Waals surface area contributed by atoms with Crippen molar-refractivity contribution in [1.82, 2.24) is 10.0 Å². The summed E-state index contributed by atoms with van der Waals surface area (Å²) >= 11 is 1.13. The van der Waals surface area contributed by atoms with Crippen LogP contribution < -0.4 is 10.0 Å². The van der Waals surface area contributed by atoms with Crippen LogP contribution in [0.3, 0.4) is 0 Å². The lowest BCUT2D eigenvalue weighted by Crippen LogP contribution is -2.48. The Bertz CT molecular complexity index is 550. The first-order valence-electron chi connectivity index (χ1n) is 6.44. The van der Waals surface area contributed by atoms with Crippen LogP contribution in [0.5, 0.6) is 0 Å². The monoisotopic (exact) mass is 318 g/mol. The Morgan fingerprint density at radius 3 is 2.75 bits per heavy atom. The molecule has 1 aliphatic rings. The minimum atomic E-state index is -3.51. The molecular weight excluding hydrogens is 300 g/mol. The van der Waals surface area contributed by atoms with Crippen molar-refractivity contribution in [2.75, 3.05) is 13.1 Å². The average molecular weight is 318 g/mol. The van der Waals surface area contributed by atoms with E-state index in [0.29, 0.717) is 12.8 Å². The molecule has 0 spiro atoms. The smallest absolute Gasteiger partial charge is 0.250 e. The molecule has 0 aromatic carbocycles. The second kappa shape index (κ2) is 6.21. The van der Waals surface area contributed by atoms with Gasteiger partial charge in [-0.05, 0) is 30.7 Å². The number of nitrogens with one attached hydrogen (secondary N) is 2. The molecule has 1 amide bonds. The molecule has 1 saturated carbocycles. The molecule has 1 fully saturated rings. The summed E-state index contributed by atoms with van der Waals surface area (Å²) in [7, 11) is -3.51. The number of sulfonamides is 1. The number of rotatable bonds is 7. The SMILES string of the molecule is O=C(CCNS(=O)(=O)c1cccs1)NCC1(O)CCC1. The summed E-state index contributed by atoms with van der Waals surface area (Å²) in [6, 6.07) is 3.17. The summed E-state index contributed by atoms with van der Waals surface area (Å²) < 4.78 is 26.2. The maximum Gasteiger partial charge on any atom is 0.250 e. The molecule has 6 nitrogen and oxygen atoms in total. The van der Waals surface area contributed by atoms with E-state index in [1.807, 2.05) is 0 Å². The van der Waals surface area contributed by atoms with Gasteiger partial charge in [-0.25, -0.2) is 13.1 Å². The first kappa shape index (κ1) is 15.4. The zero-order chi connectivity index (χ0) is 14.6. The summed E-state index contributed by atoms with van der Waals surface area (Å²) in [5, 5.41) is 14.1. The molecule has 0 unspecified atom stereocenters. The van der Waals surface area contributed by atoms with E-state index in [1.165, 1.54) is 6.07 Å². The van der Waals surface area contributed by atoms with E-state index in [-0.39, 0.29) is 29.6 Å². The molecule has 0 aliphatic heterocycles. The van der Waals surface area contributed by atoms with Crippen molar-refractivity contribution in [3.8, 4) is 0 Å². The number of hydrogen-bond donors (Lipinski definition) is 3. The van der Waals surface area contributed by atoms with E-state index in [4.69, 9.17) is 0 Å². The van der Waals surface area contributed by atoms with Gasteiger partial charge in [0.05, 0.1) is 5.60 Å². The van der Waals surface area contributed by atoms with E-state index < -0.39 is 15.6 Å². The van der Waals surface area contributed by atoms with Crippen LogP contribution >= 0.6 is 11.3 Å². The molecule has 1 aromatic heterocycles. The average Bonchev–Trinajstić information content (AvgIpc) is 2.88. The number of amides is 1. The summed E-state index contributed by atoms with van der Waals surface area (Å²) in [5.74, 6) is -0.265. The molecule has 0 bridgehead atoms. The zero-order valence-corrected chi connectivity index (χ0v) is 12.6. The maximum atomic E-state index is 11.8. The predicted octanol–water partition coefficient (Wildman–Crippen LogP) is 0.448. The van der Waals surface area contributed by atoms with Gasteiger partial charge in [0.2, 0.25) is 15.9 Å². The molecule has 1 heterocycles. The fourth-order valence-electron chi connectivity index (χ4n) is 1.90. The van der Waals surface area contributed by atoms with Crippen LogP contribution in [0.15, 0.2) is 21.7 Å². The van der Waals surface area contributed by atoms with Gasteiger partial charge in [0.15, 0.2) is 0 Å². The molecule has 0 radical (unpaired) electrons. The van der Waals surface area contributed by atoms with Gasteiger partial charge in [-0.1, -0.05) is 6.07 Å². The third kappa shape index (κ3) is 4.02. The molecular formula is C12H18N2O4S2. The highest BCUT2D eigenvalue weighted by Crippen LogP contribution is 2.30. The lowest BCUT2D eigenvalue weighted by Gasteiger charge is -2.36. The van der Waals surface area contributed by atoms with E-state index >= 15 is 0 Å². The van der Waals surface area contributed by atoms with E-state index in [1.54, 1.807) is 11.4 Å². The zero-order valence-electron chi connectivity index (χ0n) is 11.0. The molecule has 20 heavy (non-hydrogen) atoms. The standard InChI is InChI=1S/C12H18N2O4S2/c15-10(13-9-12(16)5-2-6-12)4-7-14-20(17,18)11-3-1-8-19-11/h1,3,8,14,16H,2,4-7,9H2,(H,13,15). The highest BCUT2D eigenvalue weighted by atomic mass is 32.2. The first-order valence-corrected chi connectivity index (χ1v) is 8.80. The van der Waals surface area contributed by atoms with Gasteiger partial charge in [-0.3, -0.25) is 4.79 Å².